The van der Waals surface area contributed by atoms with Crippen LogP contribution in [-0.4, -0.2) is 5.91 Å². The zero-order valence-electron chi connectivity index (χ0n) is 12.4. The second kappa shape index (κ2) is 5.96. The predicted molar refractivity (Wildman–Crippen MR) is 94.9 cm³/mol. The van der Waals surface area contributed by atoms with E-state index in [4.69, 9.17) is 11.6 Å². The predicted octanol–water partition coefficient (Wildman–Crippen LogP) is 5.92. The molecule has 0 fully saturated rings. The minimum absolute atomic E-state index is 0.216. The van der Waals surface area contributed by atoms with Crippen molar-refractivity contribution in [2.24, 2.45) is 0 Å². The molecule has 0 bridgehead atoms. The number of amides is 1. The van der Waals surface area contributed by atoms with Crippen LogP contribution in [0, 0.1) is 5.82 Å². The van der Waals surface area contributed by atoms with Gasteiger partial charge in [0.15, 0.2) is 0 Å². The Kier molecular flexibility index (Phi) is 3.79. The molecule has 0 N–H and O–H groups in total. The maximum atomic E-state index is 13.2. The fourth-order valence-corrected chi connectivity index (χ4v) is 3.87. The summed E-state index contributed by atoms with van der Waals surface area (Å²) < 4.78 is 13.2. The Balaban J connectivity index is 1.89. The van der Waals surface area contributed by atoms with Crippen LogP contribution in [0.15, 0.2) is 76.5 Å². The number of carbonyl (C=O) groups excluding carboxylic acids is 1. The van der Waals surface area contributed by atoms with Crippen LogP contribution < -0.4 is 4.90 Å². The molecule has 1 aliphatic heterocycles. The Morgan fingerprint density at radius 2 is 1.62 bits per heavy atom. The Hall–Kier alpha value is -2.30. The molecule has 118 valence electrons. The van der Waals surface area contributed by atoms with Crippen molar-refractivity contribution < 1.29 is 9.18 Å². The first-order valence-corrected chi connectivity index (χ1v) is 8.49. The van der Waals surface area contributed by atoms with E-state index in [-0.39, 0.29) is 11.7 Å². The van der Waals surface area contributed by atoms with E-state index in [2.05, 4.69) is 0 Å². The van der Waals surface area contributed by atoms with E-state index in [1.807, 2.05) is 36.4 Å². The lowest BCUT2D eigenvalue weighted by Gasteiger charge is -2.31. The molecule has 0 aliphatic carbocycles. The topological polar surface area (TPSA) is 20.3 Å². The van der Waals surface area contributed by atoms with Crippen LogP contribution in [0.3, 0.4) is 0 Å². The van der Waals surface area contributed by atoms with Crippen LogP contribution >= 0.6 is 23.4 Å². The molecule has 0 unspecified atom stereocenters. The summed E-state index contributed by atoms with van der Waals surface area (Å²) in [6.45, 7) is 0. The lowest BCUT2D eigenvalue weighted by atomic mass is 10.1. The van der Waals surface area contributed by atoms with Gasteiger partial charge in [0.25, 0.3) is 5.91 Å². The molecule has 1 amide bonds. The van der Waals surface area contributed by atoms with Crippen LogP contribution in [0.4, 0.5) is 15.8 Å². The minimum Gasteiger partial charge on any atom is -0.275 e. The van der Waals surface area contributed by atoms with Crippen LogP contribution in [0.2, 0.25) is 5.02 Å². The van der Waals surface area contributed by atoms with Crippen molar-refractivity contribution in [2.45, 2.75) is 9.79 Å². The number of nitrogens with zero attached hydrogens (tertiary/aromatic N) is 1. The van der Waals surface area contributed by atoms with Crippen molar-refractivity contribution in [1.29, 1.82) is 0 Å². The summed E-state index contributed by atoms with van der Waals surface area (Å²) in [5, 5.41) is 0.561. The molecule has 1 heterocycles. The Morgan fingerprint density at radius 1 is 0.917 bits per heavy atom. The lowest BCUT2D eigenvalue weighted by Crippen LogP contribution is -2.28. The van der Waals surface area contributed by atoms with Crippen LogP contribution in [0.1, 0.15) is 10.4 Å². The molecule has 0 saturated carbocycles. The van der Waals surface area contributed by atoms with E-state index < -0.39 is 0 Å². The van der Waals surface area contributed by atoms with Crippen molar-refractivity contribution in [3.05, 3.63) is 83.1 Å². The average Bonchev–Trinajstić information content (AvgIpc) is 2.60. The number of hydrogen-bond acceptors (Lipinski definition) is 2. The first kappa shape index (κ1) is 15.2. The van der Waals surface area contributed by atoms with Gasteiger partial charge in [0.1, 0.15) is 5.82 Å². The van der Waals surface area contributed by atoms with E-state index in [1.54, 1.807) is 22.7 Å². The Labute approximate surface area is 147 Å². The van der Waals surface area contributed by atoms with Gasteiger partial charge >= 0.3 is 0 Å². The summed E-state index contributed by atoms with van der Waals surface area (Å²) in [5.74, 6) is -0.587. The van der Waals surface area contributed by atoms with Gasteiger partial charge in [-0.15, -0.1) is 0 Å². The molecule has 0 spiro atoms. The second-order valence-corrected chi connectivity index (χ2v) is 6.85. The zero-order chi connectivity index (χ0) is 16.7. The number of benzene rings is 3. The first-order valence-electron chi connectivity index (χ1n) is 7.30. The molecule has 5 heteroatoms. The summed E-state index contributed by atoms with van der Waals surface area (Å²) in [7, 11) is 0. The number of para-hydroxylation sites is 1. The van der Waals surface area contributed by atoms with Gasteiger partial charge in [-0.05, 0) is 54.6 Å². The zero-order valence-corrected chi connectivity index (χ0v) is 13.9. The van der Waals surface area contributed by atoms with Crippen molar-refractivity contribution >= 4 is 40.6 Å². The summed E-state index contributed by atoms with van der Waals surface area (Å²) in [6.07, 6.45) is 0. The van der Waals surface area contributed by atoms with Crippen molar-refractivity contribution in [3.63, 3.8) is 0 Å². The molecule has 0 radical (unpaired) electrons. The van der Waals surface area contributed by atoms with Crippen LogP contribution in [-0.2, 0) is 0 Å². The highest BCUT2D eigenvalue weighted by atomic mass is 35.5. The number of anilines is 2. The highest BCUT2D eigenvalue weighted by Gasteiger charge is 2.29. The third-order valence-electron chi connectivity index (χ3n) is 3.78. The van der Waals surface area contributed by atoms with Gasteiger partial charge in [-0.1, -0.05) is 35.5 Å². The summed E-state index contributed by atoms with van der Waals surface area (Å²) in [4.78, 5) is 16.7. The van der Waals surface area contributed by atoms with Gasteiger partial charge in [0.2, 0.25) is 0 Å². The summed E-state index contributed by atoms with van der Waals surface area (Å²) >= 11 is 7.74. The molecule has 4 rings (SSSR count). The minimum atomic E-state index is -0.371. The average molecular weight is 356 g/mol. The van der Waals surface area contributed by atoms with Gasteiger partial charge in [0.05, 0.1) is 11.4 Å². The van der Waals surface area contributed by atoms with Gasteiger partial charge < -0.3 is 0 Å². The molecule has 2 nitrogen and oxygen atoms in total. The number of halogens is 2. The van der Waals surface area contributed by atoms with Gasteiger partial charge in [-0.3, -0.25) is 9.69 Å². The van der Waals surface area contributed by atoms with Crippen molar-refractivity contribution in [1.82, 2.24) is 0 Å². The number of rotatable bonds is 1. The van der Waals surface area contributed by atoms with Gasteiger partial charge in [-0.2, -0.15) is 0 Å². The lowest BCUT2D eigenvalue weighted by molar-refractivity contribution is 0.0998. The molecule has 0 saturated heterocycles. The molecular formula is C19H11ClFNOS. The maximum absolute atomic E-state index is 13.2. The van der Waals surface area contributed by atoms with E-state index in [0.717, 1.165) is 21.2 Å². The fourth-order valence-electron chi connectivity index (χ4n) is 2.67. The molecule has 0 atom stereocenters. The van der Waals surface area contributed by atoms with Crippen molar-refractivity contribution in [2.75, 3.05) is 4.90 Å². The fraction of sp³-hybridized carbons (Fsp3) is 0. The maximum Gasteiger partial charge on any atom is 0.262 e. The highest BCUT2D eigenvalue weighted by molar-refractivity contribution is 7.99. The quantitative estimate of drug-likeness (QED) is 0.539. The number of carbonyl (C=O) groups is 1. The van der Waals surface area contributed by atoms with E-state index in [1.165, 1.54) is 24.3 Å². The van der Waals surface area contributed by atoms with E-state index in [0.29, 0.717) is 10.6 Å². The van der Waals surface area contributed by atoms with Crippen LogP contribution in [0.25, 0.3) is 0 Å². The SMILES string of the molecule is O=C(c1ccc(F)cc1)N1c2ccccc2Sc2ccc(Cl)cc21. The third kappa shape index (κ3) is 2.58. The highest BCUT2D eigenvalue weighted by Crippen LogP contribution is 2.49. The Morgan fingerprint density at radius 3 is 2.42 bits per heavy atom. The van der Waals surface area contributed by atoms with Crippen molar-refractivity contribution in [3.8, 4) is 0 Å². The molecule has 3 aromatic rings. The van der Waals surface area contributed by atoms with E-state index >= 15 is 0 Å². The summed E-state index contributed by atoms with van der Waals surface area (Å²) in [5.41, 5.74) is 1.95. The van der Waals surface area contributed by atoms with Crippen LogP contribution in [0.5, 0.6) is 0 Å². The molecular weight excluding hydrogens is 345 g/mol. The standard InChI is InChI=1S/C19H11ClFNOS/c20-13-7-10-18-16(11-13)22(15-3-1-2-4-17(15)24-18)19(23)12-5-8-14(21)9-6-12/h1-11H. The normalized spacial score (nSPS) is 12.5. The summed E-state index contributed by atoms with van der Waals surface area (Å²) in [6, 6.07) is 18.8. The second-order valence-electron chi connectivity index (χ2n) is 5.33. The first-order chi connectivity index (χ1) is 11.6. The largest absolute Gasteiger partial charge is 0.275 e. The van der Waals surface area contributed by atoms with E-state index in [9.17, 15) is 9.18 Å². The third-order valence-corrected chi connectivity index (χ3v) is 5.15. The monoisotopic (exact) mass is 355 g/mol. The van der Waals surface area contributed by atoms with Gasteiger partial charge in [-0.25, -0.2) is 4.39 Å². The smallest absolute Gasteiger partial charge is 0.262 e. The molecule has 24 heavy (non-hydrogen) atoms. The Bertz CT molecular complexity index is 942. The number of hydrogen-bond donors (Lipinski definition) is 0. The number of fused-ring (bicyclic) bond motifs is 2. The molecule has 0 aromatic heterocycles. The molecule has 1 aliphatic rings. The molecule has 3 aromatic carbocycles. The van der Waals surface area contributed by atoms with Gasteiger partial charge in [0, 0.05) is 20.4 Å².